The van der Waals surface area contributed by atoms with Gasteiger partial charge in [-0.05, 0) is 12.1 Å². The zero-order chi connectivity index (χ0) is 10.8. The molecule has 2 aromatic rings. The summed E-state index contributed by atoms with van der Waals surface area (Å²) in [6.45, 7) is 0. The summed E-state index contributed by atoms with van der Waals surface area (Å²) in [6.07, 6.45) is 2.13. The Balaban J connectivity index is 2.39. The third kappa shape index (κ3) is 1.94. The van der Waals surface area contributed by atoms with Crippen molar-refractivity contribution in [2.24, 2.45) is 0 Å². The summed E-state index contributed by atoms with van der Waals surface area (Å²) in [5.74, 6) is -0.156. The van der Waals surface area contributed by atoms with E-state index in [9.17, 15) is 4.79 Å². The Labute approximate surface area is 91.1 Å². The molecular weight excluding hydrogens is 216 g/mol. The van der Waals surface area contributed by atoms with Gasteiger partial charge in [0.1, 0.15) is 11.0 Å². The number of fused-ring (bicyclic) bond motifs is 1. The number of carboxylic acid groups (broad SMARTS) is 1. The van der Waals surface area contributed by atoms with E-state index in [4.69, 9.17) is 16.7 Å². The van der Waals surface area contributed by atoms with E-state index in [-0.39, 0.29) is 6.42 Å². The van der Waals surface area contributed by atoms with Crippen molar-refractivity contribution in [3.63, 3.8) is 0 Å². The number of nitrogens with zero attached hydrogens (tertiary/aromatic N) is 2. The molecule has 4 nitrogen and oxygen atoms in total. The fraction of sp³-hybridized carbons (Fsp3) is 0.200. The van der Waals surface area contributed by atoms with Gasteiger partial charge in [0, 0.05) is 6.42 Å². The molecule has 0 fully saturated rings. The molecule has 1 N–H and O–H groups in total. The molecule has 0 aliphatic heterocycles. The minimum Gasteiger partial charge on any atom is -0.481 e. The van der Waals surface area contributed by atoms with Gasteiger partial charge in [-0.3, -0.25) is 9.20 Å². The summed E-state index contributed by atoms with van der Waals surface area (Å²) in [7, 11) is 0. The van der Waals surface area contributed by atoms with E-state index in [2.05, 4.69) is 4.98 Å². The van der Waals surface area contributed by atoms with Gasteiger partial charge in [-0.15, -0.1) is 0 Å². The van der Waals surface area contributed by atoms with Crippen molar-refractivity contribution in [2.45, 2.75) is 12.8 Å². The standard InChI is InChI=1S/C10H9ClN2O2/c11-8-3-1-2-7-6-12-9(13(7)8)4-5-10(14)15/h1-3,6H,4-5H2,(H,14,15). The average molecular weight is 225 g/mol. The van der Waals surface area contributed by atoms with Gasteiger partial charge >= 0.3 is 5.97 Å². The van der Waals surface area contributed by atoms with Crippen LogP contribution in [0.5, 0.6) is 0 Å². The number of carboxylic acids is 1. The van der Waals surface area contributed by atoms with Crippen molar-refractivity contribution in [1.82, 2.24) is 9.38 Å². The maximum atomic E-state index is 10.4. The first-order valence-corrected chi connectivity index (χ1v) is 4.89. The molecule has 78 valence electrons. The first-order valence-electron chi connectivity index (χ1n) is 4.51. The SMILES string of the molecule is O=C(O)CCc1ncc2cccc(Cl)n12. The molecule has 0 atom stereocenters. The quantitative estimate of drug-likeness (QED) is 0.812. The monoisotopic (exact) mass is 224 g/mol. The van der Waals surface area contributed by atoms with Crippen LogP contribution < -0.4 is 0 Å². The zero-order valence-corrected chi connectivity index (χ0v) is 8.61. The molecule has 0 saturated heterocycles. The van der Waals surface area contributed by atoms with Crippen LogP contribution in [0.3, 0.4) is 0 Å². The summed E-state index contributed by atoms with van der Waals surface area (Å²) < 4.78 is 1.75. The van der Waals surface area contributed by atoms with Gasteiger partial charge in [-0.1, -0.05) is 17.7 Å². The van der Waals surface area contributed by atoms with Crippen LogP contribution in [0, 0.1) is 0 Å². The molecule has 5 heteroatoms. The molecule has 0 radical (unpaired) electrons. The molecule has 15 heavy (non-hydrogen) atoms. The van der Waals surface area contributed by atoms with E-state index in [1.807, 2.05) is 12.1 Å². The Hall–Kier alpha value is -1.55. The molecule has 2 heterocycles. The Morgan fingerprint density at radius 2 is 2.33 bits per heavy atom. The molecular formula is C10H9ClN2O2. The molecule has 0 spiro atoms. The van der Waals surface area contributed by atoms with Crippen LogP contribution in [-0.4, -0.2) is 20.5 Å². The van der Waals surface area contributed by atoms with Crippen LogP contribution >= 0.6 is 11.6 Å². The van der Waals surface area contributed by atoms with Crippen molar-refractivity contribution in [1.29, 1.82) is 0 Å². The average Bonchev–Trinajstić information content (AvgIpc) is 2.59. The summed E-state index contributed by atoms with van der Waals surface area (Å²) in [5.41, 5.74) is 0.878. The summed E-state index contributed by atoms with van der Waals surface area (Å²) in [6, 6.07) is 5.46. The molecule has 0 amide bonds. The van der Waals surface area contributed by atoms with Crippen LogP contribution in [0.15, 0.2) is 24.4 Å². The fourth-order valence-electron chi connectivity index (χ4n) is 1.47. The first kappa shape index (κ1) is 9.98. The fourth-order valence-corrected chi connectivity index (χ4v) is 1.73. The van der Waals surface area contributed by atoms with E-state index in [0.29, 0.717) is 17.4 Å². The number of aromatic nitrogens is 2. The predicted octanol–water partition coefficient (Wildman–Crippen LogP) is 2.00. The third-order valence-electron chi connectivity index (χ3n) is 2.14. The first-order chi connectivity index (χ1) is 7.18. The second kappa shape index (κ2) is 3.90. The zero-order valence-electron chi connectivity index (χ0n) is 7.85. The van der Waals surface area contributed by atoms with E-state index in [1.165, 1.54) is 0 Å². The number of aliphatic carboxylic acids is 1. The second-order valence-corrected chi connectivity index (χ2v) is 3.56. The number of aryl methyl sites for hydroxylation is 1. The van der Waals surface area contributed by atoms with Crippen molar-refractivity contribution in [2.75, 3.05) is 0 Å². The molecule has 2 aromatic heterocycles. The number of pyridine rings is 1. The molecule has 0 bridgehead atoms. The number of hydrogen-bond donors (Lipinski definition) is 1. The van der Waals surface area contributed by atoms with Crippen LogP contribution in [0.1, 0.15) is 12.2 Å². The van der Waals surface area contributed by atoms with Crippen LogP contribution in [0.25, 0.3) is 5.52 Å². The van der Waals surface area contributed by atoms with Crippen molar-refractivity contribution < 1.29 is 9.90 Å². The highest BCUT2D eigenvalue weighted by atomic mass is 35.5. The van der Waals surface area contributed by atoms with Crippen molar-refractivity contribution >= 4 is 23.1 Å². The van der Waals surface area contributed by atoms with Crippen molar-refractivity contribution in [3.8, 4) is 0 Å². The highest BCUT2D eigenvalue weighted by molar-refractivity contribution is 6.29. The highest BCUT2D eigenvalue weighted by Gasteiger charge is 2.07. The summed E-state index contributed by atoms with van der Waals surface area (Å²) in [4.78, 5) is 14.6. The van der Waals surface area contributed by atoms with Gasteiger partial charge in [-0.2, -0.15) is 0 Å². The van der Waals surface area contributed by atoms with Gasteiger partial charge < -0.3 is 5.11 Å². The number of hydrogen-bond acceptors (Lipinski definition) is 2. The van der Waals surface area contributed by atoms with Gasteiger partial charge in [0.2, 0.25) is 0 Å². The maximum absolute atomic E-state index is 10.4. The molecule has 0 aliphatic carbocycles. The smallest absolute Gasteiger partial charge is 0.303 e. The van der Waals surface area contributed by atoms with Crippen molar-refractivity contribution in [3.05, 3.63) is 35.4 Å². The van der Waals surface area contributed by atoms with Gasteiger partial charge in [0.25, 0.3) is 0 Å². The normalized spacial score (nSPS) is 10.7. The Bertz CT molecular complexity index is 507. The Kier molecular flexibility index (Phi) is 2.60. The minimum atomic E-state index is -0.834. The third-order valence-corrected chi connectivity index (χ3v) is 2.43. The second-order valence-electron chi connectivity index (χ2n) is 3.18. The van der Waals surface area contributed by atoms with E-state index < -0.39 is 5.97 Å². The predicted molar refractivity (Wildman–Crippen MR) is 56.2 cm³/mol. The van der Waals surface area contributed by atoms with E-state index >= 15 is 0 Å². The van der Waals surface area contributed by atoms with Gasteiger partial charge in [-0.25, -0.2) is 4.98 Å². The van der Waals surface area contributed by atoms with Crippen LogP contribution in [0.2, 0.25) is 5.15 Å². The minimum absolute atomic E-state index is 0.0599. The number of imidazole rings is 1. The number of halogens is 1. The lowest BCUT2D eigenvalue weighted by molar-refractivity contribution is -0.137. The molecule has 2 rings (SSSR count). The topological polar surface area (TPSA) is 54.6 Å². The summed E-state index contributed by atoms with van der Waals surface area (Å²) >= 11 is 5.99. The largest absolute Gasteiger partial charge is 0.481 e. The molecule has 0 aromatic carbocycles. The van der Waals surface area contributed by atoms with Crippen LogP contribution in [0.4, 0.5) is 0 Å². The van der Waals surface area contributed by atoms with Crippen LogP contribution in [-0.2, 0) is 11.2 Å². The maximum Gasteiger partial charge on any atom is 0.303 e. The lowest BCUT2D eigenvalue weighted by atomic mass is 10.3. The Morgan fingerprint density at radius 3 is 3.07 bits per heavy atom. The lowest BCUT2D eigenvalue weighted by Gasteiger charge is -2.01. The molecule has 0 unspecified atom stereocenters. The molecule has 0 saturated carbocycles. The van der Waals surface area contributed by atoms with Gasteiger partial charge in [0.05, 0.1) is 18.1 Å². The number of rotatable bonds is 3. The summed E-state index contributed by atoms with van der Waals surface area (Å²) in [5, 5.41) is 9.13. The lowest BCUT2D eigenvalue weighted by Crippen LogP contribution is -2.01. The highest BCUT2D eigenvalue weighted by Crippen LogP contribution is 2.16. The molecule has 0 aliphatic rings. The number of carbonyl (C=O) groups is 1. The van der Waals surface area contributed by atoms with Gasteiger partial charge in [0.15, 0.2) is 0 Å². The van der Waals surface area contributed by atoms with E-state index in [1.54, 1.807) is 16.7 Å². The van der Waals surface area contributed by atoms with E-state index in [0.717, 1.165) is 5.52 Å². The Morgan fingerprint density at radius 1 is 1.53 bits per heavy atom.